The number of rotatable bonds is 11. The molecule has 4 rings (SSSR count). The van der Waals surface area contributed by atoms with Crippen molar-refractivity contribution in [2.75, 3.05) is 20.3 Å². The average Bonchev–Trinajstić information content (AvgIpc) is 3.27. The maximum atomic E-state index is 11.5. The van der Waals surface area contributed by atoms with E-state index in [1.165, 1.54) is 6.33 Å². The van der Waals surface area contributed by atoms with Crippen LogP contribution in [0.1, 0.15) is 32.6 Å². The molecule has 0 aliphatic heterocycles. The van der Waals surface area contributed by atoms with Gasteiger partial charge in [-0.05, 0) is 43.9 Å². The zero-order valence-corrected chi connectivity index (χ0v) is 19.5. The molecule has 0 fully saturated rings. The van der Waals surface area contributed by atoms with Gasteiger partial charge in [-0.3, -0.25) is 4.79 Å². The van der Waals surface area contributed by atoms with Crippen LogP contribution >= 0.6 is 0 Å². The van der Waals surface area contributed by atoms with Crippen LogP contribution in [-0.4, -0.2) is 36.3 Å². The van der Waals surface area contributed by atoms with Crippen molar-refractivity contribution in [2.45, 2.75) is 32.6 Å². The van der Waals surface area contributed by atoms with Crippen molar-refractivity contribution in [3.8, 4) is 34.1 Å². The van der Waals surface area contributed by atoms with Crippen LogP contribution in [0.5, 0.6) is 11.6 Å². The number of aromatic nitrogens is 2. The summed E-state index contributed by atoms with van der Waals surface area (Å²) in [4.78, 5) is 20.3. The van der Waals surface area contributed by atoms with Gasteiger partial charge in [0, 0.05) is 17.5 Å². The predicted molar refractivity (Wildman–Crippen MR) is 130 cm³/mol. The molecule has 0 unspecified atom stereocenters. The van der Waals surface area contributed by atoms with E-state index in [0.29, 0.717) is 37.0 Å². The van der Waals surface area contributed by atoms with Gasteiger partial charge in [0.15, 0.2) is 0 Å². The summed E-state index contributed by atoms with van der Waals surface area (Å²) in [6.45, 7) is 2.70. The van der Waals surface area contributed by atoms with Crippen LogP contribution in [-0.2, 0) is 9.53 Å². The van der Waals surface area contributed by atoms with Crippen LogP contribution in [0.4, 0.5) is 0 Å². The molecule has 0 spiro atoms. The highest BCUT2D eigenvalue weighted by atomic mass is 16.5. The lowest BCUT2D eigenvalue weighted by Gasteiger charge is -2.09. The lowest BCUT2D eigenvalue weighted by atomic mass is 9.99. The summed E-state index contributed by atoms with van der Waals surface area (Å²) < 4.78 is 22.6. The van der Waals surface area contributed by atoms with Gasteiger partial charge in [0.2, 0.25) is 11.6 Å². The van der Waals surface area contributed by atoms with E-state index in [9.17, 15) is 4.79 Å². The van der Waals surface area contributed by atoms with Crippen molar-refractivity contribution in [3.63, 3.8) is 0 Å². The number of nitrogens with zero attached hydrogens (tertiary/aromatic N) is 2. The summed E-state index contributed by atoms with van der Waals surface area (Å²) in [6.07, 6.45) is 4.30. The van der Waals surface area contributed by atoms with Crippen molar-refractivity contribution in [1.29, 1.82) is 0 Å². The molecule has 0 N–H and O–H groups in total. The number of esters is 1. The Hall–Kier alpha value is -3.87. The minimum Gasteiger partial charge on any atom is -0.497 e. The van der Waals surface area contributed by atoms with E-state index in [1.54, 1.807) is 7.11 Å². The lowest BCUT2D eigenvalue weighted by Crippen LogP contribution is -2.04. The predicted octanol–water partition coefficient (Wildman–Crippen LogP) is 6.07. The van der Waals surface area contributed by atoms with Crippen LogP contribution in [0.2, 0.25) is 0 Å². The molecule has 34 heavy (non-hydrogen) atoms. The summed E-state index contributed by atoms with van der Waals surface area (Å²) >= 11 is 0. The maximum absolute atomic E-state index is 11.5. The van der Waals surface area contributed by atoms with Crippen molar-refractivity contribution in [3.05, 3.63) is 60.9 Å². The second kappa shape index (κ2) is 11.3. The lowest BCUT2D eigenvalue weighted by molar-refractivity contribution is -0.143. The topological polar surface area (TPSA) is 83.7 Å². The summed E-state index contributed by atoms with van der Waals surface area (Å²) in [5, 5.41) is 0.734. The summed E-state index contributed by atoms with van der Waals surface area (Å²) in [5.41, 5.74) is 3.24. The first-order chi connectivity index (χ1) is 16.7. The van der Waals surface area contributed by atoms with Gasteiger partial charge in [-0.25, -0.2) is 9.97 Å². The SMILES string of the molecule is CCOC(=O)CCCCCOc1ncnc2oc(-c3ccccc3)c(-c3ccc(OC)cc3)c12. The quantitative estimate of drug-likeness (QED) is 0.198. The van der Waals surface area contributed by atoms with E-state index < -0.39 is 0 Å². The molecule has 0 bridgehead atoms. The minimum atomic E-state index is -0.156. The number of furan rings is 1. The van der Waals surface area contributed by atoms with Gasteiger partial charge in [0.1, 0.15) is 23.2 Å². The Morgan fingerprint density at radius 3 is 2.47 bits per heavy atom. The van der Waals surface area contributed by atoms with Crippen molar-refractivity contribution >= 4 is 17.1 Å². The van der Waals surface area contributed by atoms with Gasteiger partial charge in [0.25, 0.3) is 0 Å². The maximum Gasteiger partial charge on any atom is 0.305 e. The third kappa shape index (κ3) is 5.36. The second-order valence-corrected chi connectivity index (χ2v) is 7.72. The number of unbranched alkanes of at least 4 members (excludes halogenated alkanes) is 2. The molecule has 0 atom stereocenters. The third-order valence-electron chi connectivity index (χ3n) is 5.44. The molecule has 2 aromatic heterocycles. The number of fused-ring (bicyclic) bond motifs is 1. The highest BCUT2D eigenvalue weighted by Gasteiger charge is 2.23. The fraction of sp³-hybridized carbons (Fsp3) is 0.296. The Morgan fingerprint density at radius 2 is 1.74 bits per heavy atom. The van der Waals surface area contributed by atoms with Gasteiger partial charge in [-0.2, -0.15) is 0 Å². The van der Waals surface area contributed by atoms with Crippen molar-refractivity contribution in [1.82, 2.24) is 9.97 Å². The van der Waals surface area contributed by atoms with E-state index in [2.05, 4.69) is 9.97 Å². The molecule has 0 aliphatic carbocycles. The largest absolute Gasteiger partial charge is 0.497 e. The molecular formula is C27H28N2O5. The monoisotopic (exact) mass is 460 g/mol. The number of carbonyl (C=O) groups excluding carboxylic acids is 1. The molecule has 4 aromatic rings. The van der Waals surface area contributed by atoms with Gasteiger partial charge in [-0.1, -0.05) is 42.5 Å². The van der Waals surface area contributed by atoms with Gasteiger partial charge < -0.3 is 18.6 Å². The van der Waals surface area contributed by atoms with Crippen molar-refractivity contribution < 1.29 is 23.4 Å². The second-order valence-electron chi connectivity index (χ2n) is 7.72. The zero-order valence-electron chi connectivity index (χ0n) is 19.5. The van der Waals surface area contributed by atoms with E-state index in [4.69, 9.17) is 18.6 Å². The fourth-order valence-electron chi connectivity index (χ4n) is 3.79. The molecule has 176 valence electrons. The molecule has 7 nitrogen and oxygen atoms in total. The Kier molecular flexibility index (Phi) is 7.75. The average molecular weight is 461 g/mol. The van der Waals surface area contributed by atoms with E-state index in [-0.39, 0.29) is 5.97 Å². The Bertz CT molecular complexity index is 1220. The Balaban J connectivity index is 1.61. The first-order valence-electron chi connectivity index (χ1n) is 11.5. The van der Waals surface area contributed by atoms with Crippen LogP contribution < -0.4 is 9.47 Å². The molecule has 0 amide bonds. The number of carbonyl (C=O) groups is 1. The van der Waals surface area contributed by atoms with Crippen molar-refractivity contribution in [2.24, 2.45) is 0 Å². The molecular weight excluding hydrogens is 432 g/mol. The smallest absolute Gasteiger partial charge is 0.305 e. The number of hydrogen-bond acceptors (Lipinski definition) is 7. The number of ether oxygens (including phenoxy) is 3. The van der Waals surface area contributed by atoms with E-state index in [0.717, 1.165) is 47.1 Å². The first kappa shape index (κ1) is 23.3. The molecule has 2 heterocycles. The van der Waals surface area contributed by atoms with Gasteiger partial charge >= 0.3 is 5.97 Å². The van der Waals surface area contributed by atoms with Gasteiger partial charge in [-0.15, -0.1) is 0 Å². The fourth-order valence-corrected chi connectivity index (χ4v) is 3.79. The summed E-state index contributed by atoms with van der Waals surface area (Å²) in [5.74, 6) is 1.80. The summed E-state index contributed by atoms with van der Waals surface area (Å²) in [7, 11) is 1.64. The normalized spacial score (nSPS) is 10.9. The molecule has 0 radical (unpaired) electrons. The van der Waals surface area contributed by atoms with Crippen LogP contribution in [0, 0.1) is 0 Å². The molecule has 0 saturated heterocycles. The van der Waals surface area contributed by atoms with E-state index in [1.807, 2.05) is 61.5 Å². The zero-order chi connectivity index (χ0) is 23.8. The third-order valence-corrected chi connectivity index (χ3v) is 5.44. The van der Waals surface area contributed by atoms with Crippen LogP contribution in [0.3, 0.4) is 0 Å². The number of methoxy groups -OCH3 is 1. The highest BCUT2D eigenvalue weighted by molar-refractivity contribution is 6.03. The number of benzene rings is 2. The van der Waals surface area contributed by atoms with E-state index >= 15 is 0 Å². The highest BCUT2D eigenvalue weighted by Crippen LogP contribution is 2.43. The Morgan fingerprint density at radius 1 is 0.941 bits per heavy atom. The molecule has 2 aromatic carbocycles. The first-order valence-corrected chi connectivity index (χ1v) is 11.5. The Labute approximate surface area is 198 Å². The minimum absolute atomic E-state index is 0.156. The molecule has 7 heteroatoms. The van der Waals surface area contributed by atoms with Crippen LogP contribution in [0.25, 0.3) is 33.6 Å². The molecule has 0 saturated carbocycles. The van der Waals surface area contributed by atoms with Crippen LogP contribution in [0.15, 0.2) is 65.3 Å². The summed E-state index contributed by atoms with van der Waals surface area (Å²) in [6, 6.07) is 17.7. The molecule has 0 aliphatic rings. The number of hydrogen-bond donors (Lipinski definition) is 0. The standard InChI is InChI=1S/C27H28N2O5/c1-3-32-22(30)12-8-5-9-17-33-26-24-23(19-13-15-21(31-2)16-14-19)25(20-10-6-4-7-11-20)34-27(24)29-18-28-26/h4,6-7,10-11,13-16,18H,3,5,8-9,12,17H2,1-2H3. The van der Waals surface area contributed by atoms with Gasteiger partial charge in [0.05, 0.1) is 20.3 Å².